The number of allylic oxidation sites excluding steroid dienone is 1. The van der Waals surface area contributed by atoms with Gasteiger partial charge >= 0.3 is 0 Å². The Labute approximate surface area is 215 Å². The van der Waals surface area contributed by atoms with Crippen LogP contribution in [0.4, 0.5) is 0 Å². The van der Waals surface area contributed by atoms with E-state index in [1.165, 1.54) is 0 Å². The lowest BCUT2D eigenvalue weighted by molar-refractivity contribution is 0.141. The van der Waals surface area contributed by atoms with Crippen molar-refractivity contribution < 1.29 is 19.0 Å². The van der Waals surface area contributed by atoms with Crippen LogP contribution in [0.25, 0.3) is 0 Å². The SMILES string of the molecule is CCCCCO/N=C/c1c(C)nn(C)c1Oc1ccc(Oc2ccc(OC(C)=C(Cl)Cl)cc2)cc1. The highest BCUT2D eigenvalue weighted by Crippen LogP contribution is 2.30. The van der Waals surface area contributed by atoms with Gasteiger partial charge in [0, 0.05) is 7.05 Å². The summed E-state index contributed by atoms with van der Waals surface area (Å²) >= 11 is 11.4. The van der Waals surface area contributed by atoms with Gasteiger partial charge in [-0.1, -0.05) is 48.1 Å². The summed E-state index contributed by atoms with van der Waals surface area (Å²) in [5, 5.41) is 8.51. The minimum atomic E-state index is 0.0871. The molecule has 0 aliphatic rings. The molecule has 0 spiro atoms. The molecule has 0 atom stereocenters. The first-order valence-corrected chi connectivity index (χ1v) is 12.1. The van der Waals surface area contributed by atoms with Gasteiger partial charge in [-0.15, -0.1) is 0 Å². The second-order valence-electron chi connectivity index (χ2n) is 7.77. The van der Waals surface area contributed by atoms with Gasteiger partial charge in [0.25, 0.3) is 0 Å². The highest BCUT2D eigenvalue weighted by atomic mass is 35.5. The van der Waals surface area contributed by atoms with Gasteiger partial charge in [-0.05, 0) is 68.8 Å². The van der Waals surface area contributed by atoms with Crippen LogP contribution in [-0.2, 0) is 11.9 Å². The van der Waals surface area contributed by atoms with Crippen LogP contribution in [0.15, 0.2) is 63.9 Å². The fourth-order valence-electron chi connectivity index (χ4n) is 3.10. The molecule has 0 saturated heterocycles. The predicted octanol–water partition coefficient (Wildman–Crippen LogP) is 7.90. The van der Waals surface area contributed by atoms with Crippen molar-refractivity contribution in [2.75, 3.05) is 6.61 Å². The van der Waals surface area contributed by atoms with Crippen molar-refractivity contribution in [3.05, 3.63) is 70.0 Å². The zero-order valence-electron chi connectivity index (χ0n) is 20.3. The van der Waals surface area contributed by atoms with E-state index in [9.17, 15) is 0 Å². The van der Waals surface area contributed by atoms with Crippen molar-refractivity contribution in [1.29, 1.82) is 0 Å². The van der Waals surface area contributed by atoms with Crippen LogP contribution in [-0.4, -0.2) is 22.6 Å². The Kier molecular flexibility index (Phi) is 9.87. The van der Waals surface area contributed by atoms with Crippen molar-refractivity contribution in [2.24, 2.45) is 12.2 Å². The molecule has 0 radical (unpaired) electrons. The number of hydrogen-bond acceptors (Lipinski definition) is 6. The van der Waals surface area contributed by atoms with Crippen LogP contribution in [0.5, 0.6) is 28.9 Å². The molecule has 3 rings (SSSR count). The maximum atomic E-state index is 6.09. The number of ether oxygens (including phenoxy) is 3. The van der Waals surface area contributed by atoms with Gasteiger partial charge in [0.2, 0.25) is 5.88 Å². The van der Waals surface area contributed by atoms with Crippen LogP contribution < -0.4 is 14.2 Å². The average Bonchev–Trinajstić information content (AvgIpc) is 3.10. The zero-order chi connectivity index (χ0) is 25.2. The van der Waals surface area contributed by atoms with E-state index in [1.54, 1.807) is 42.1 Å². The van der Waals surface area contributed by atoms with Crippen molar-refractivity contribution >= 4 is 29.4 Å². The molecule has 3 aromatic rings. The Morgan fingerprint density at radius 3 is 2.09 bits per heavy atom. The van der Waals surface area contributed by atoms with Gasteiger partial charge in [-0.3, -0.25) is 0 Å². The van der Waals surface area contributed by atoms with Gasteiger partial charge < -0.3 is 19.0 Å². The fraction of sp³-hybridized carbons (Fsp3) is 0.308. The van der Waals surface area contributed by atoms with Crippen molar-refractivity contribution in [3.63, 3.8) is 0 Å². The van der Waals surface area contributed by atoms with E-state index in [1.807, 2.05) is 38.2 Å². The first kappa shape index (κ1) is 26.4. The van der Waals surface area contributed by atoms with E-state index in [0.29, 0.717) is 41.2 Å². The third kappa shape index (κ3) is 7.94. The molecule has 0 aliphatic heterocycles. The van der Waals surface area contributed by atoms with Crippen molar-refractivity contribution in [1.82, 2.24) is 9.78 Å². The monoisotopic (exact) mass is 517 g/mol. The number of aromatic nitrogens is 2. The molecule has 0 amide bonds. The molecule has 0 aliphatic carbocycles. The lowest BCUT2D eigenvalue weighted by Gasteiger charge is -2.10. The van der Waals surface area contributed by atoms with E-state index >= 15 is 0 Å². The number of unbranched alkanes of at least 4 members (excludes halogenated alkanes) is 2. The number of aryl methyl sites for hydroxylation is 2. The second-order valence-corrected chi connectivity index (χ2v) is 8.72. The Bertz CT molecular complexity index is 1150. The van der Waals surface area contributed by atoms with E-state index in [-0.39, 0.29) is 4.49 Å². The van der Waals surface area contributed by atoms with Gasteiger partial charge in [0.15, 0.2) is 0 Å². The minimum Gasteiger partial charge on any atom is -0.460 e. The second kappa shape index (κ2) is 13.1. The lowest BCUT2D eigenvalue weighted by Crippen LogP contribution is -1.97. The Morgan fingerprint density at radius 2 is 1.51 bits per heavy atom. The van der Waals surface area contributed by atoms with Gasteiger partial charge in [-0.2, -0.15) is 5.10 Å². The predicted molar refractivity (Wildman–Crippen MR) is 139 cm³/mol. The third-order valence-electron chi connectivity index (χ3n) is 4.94. The van der Waals surface area contributed by atoms with E-state index in [4.69, 9.17) is 42.3 Å². The molecule has 1 heterocycles. The normalized spacial score (nSPS) is 10.9. The molecule has 7 nitrogen and oxygen atoms in total. The molecule has 35 heavy (non-hydrogen) atoms. The number of hydrogen-bond donors (Lipinski definition) is 0. The molecule has 9 heteroatoms. The Balaban J connectivity index is 1.62. The molecular weight excluding hydrogens is 489 g/mol. The average molecular weight is 518 g/mol. The summed E-state index contributed by atoms with van der Waals surface area (Å²) in [4.78, 5) is 5.36. The molecule has 0 bridgehead atoms. The largest absolute Gasteiger partial charge is 0.460 e. The topological polar surface area (TPSA) is 67.1 Å². The van der Waals surface area contributed by atoms with E-state index in [0.717, 1.165) is 30.5 Å². The summed E-state index contributed by atoms with van der Waals surface area (Å²) in [5.74, 6) is 3.57. The maximum absolute atomic E-state index is 6.09. The third-order valence-corrected chi connectivity index (χ3v) is 5.48. The van der Waals surface area contributed by atoms with E-state index in [2.05, 4.69) is 17.2 Å². The first-order valence-electron chi connectivity index (χ1n) is 11.3. The molecule has 2 aromatic carbocycles. The van der Waals surface area contributed by atoms with Crippen LogP contribution >= 0.6 is 23.2 Å². The number of oxime groups is 1. The van der Waals surface area contributed by atoms with Gasteiger partial charge in [0.05, 0.1) is 17.5 Å². The molecule has 186 valence electrons. The standard InChI is InChI=1S/C26H29Cl2N3O4/c1-5-6-7-16-32-29-17-24-18(2)30-31(4)26(24)35-23-14-12-22(13-15-23)34-21-10-8-20(9-11-21)33-19(3)25(27)28/h8-15,17H,5-7,16H2,1-4H3/b29-17+. The summed E-state index contributed by atoms with van der Waals surface area (Å²) in [6.45, 7) is 6.34. The first-order chi connectivity index (χ1) is 16.9. The van der Waals surface area contributed by atoms with Crippen LogP contribution in [0.2, 0.25) is 0 Å². The Hall–Kier alpha value is -3.16. The fourth-order valence-corrected chi connectivity index (χ4v) is 3.17. The summed E-state index contributed by atoms with van der Waals surface area (Å²) in [7, 11) is 1.82. The molecule has 0 fully saturated rings. The molecule has 0 unspecified atom stereocenters. The van der Waals surface area contributed by atoms with Gasteiger partial charge in [0.1, 0.15) is 39.9 Å². The van der Waals surface area contributed by atoms with E-state index < -0.39 is 0 Å². The summed E-state index contributed by atoms with van der Waals surface area (Å²) in [6.07, 6.45) is 4.89. The number of halogens is 2. The summed E-state index contributed by atoms with van der Waals surface area (Å²) < 4.78 is 19.3. The Morgan fingerprint density at radius 1 is 0.943 bits per heavy atom. The molecular formula is C26H29Cl2N3O4. The highest BCUT2D eigenvalue weighted by molar-refractivity contribution is 6.56. The van der Waals surface area contributed by atoms with Crippen LogP contribution in [0.3, 0.4) is 0 Å². The molecule has 0 saturated carbocycles. The summed E-state index contributed by atoms with van der Waals surface area (Å²) in [6, 6.07) is 14.4. The van der Waals surface area contributed by atoms with Crippen molar-refractivity contribution in [2.45, 2.75) is 40.0 Å². The number of nitrogens with zero attached hydrogens (tertiary/aromatic N) is 3. The number of benzene rings is 2. The van der Waals surface area contributed by atoms with Crippen LogP contribution in [0, 0.1) is 6.92 Å². The molecule has 0 N–H and O–H groups in total. The van der Waals surface area contributed by atoms with Crippen molar-refractivity contribution in [3.8, 4) is 28.9 Å². The molecule has 1 aromatic heterocycles. The quantitative estimate of drug-likeness (QED) is 0.106. The minimum absolute atomic E-state index is 0.0871. The zero-order valence-corrected chi connectivity index (χ0v) is 21.8. The smallest absolute Gasteiger partial charge is 0.226 e. The number of rotatable bonds is 12. The lowest BCUT2D eigenvalue weighted by atomic mass is 10.2. The van der Waals surface area contributed by atoms with Crippen LogP contribution in [0.1, 0.15) is 44.4 Å². The summed E-state index contributed by atoms with van der Waals surface area (Å²) in [5.41, 5.74) is 1.57. The maximum Gasteiger partial charge on any atom is 0.226 e. The van der Waals surface area contributed by atoms with Gasteiger partial charge in [-0.25, -0.2) is 4.68 Å². The highest BCUT2D eigenvalue weighted by Gasteiger charge is 2.14.